The van der Waals surface area contributed by atoms with E-state index in [-0.39, 0.29) is 5.75 Å². The highest BCUT2D eigenvalue weighted by Gasteiger charge is 2.30. The summed E-state index contributed by atoms with van der Waals surface area (Å²) in [7, 11) is 1.86. The van der Waals surface area contributed by atoms with Crippen molar-refractivity contribution < 1.29 is 17.9 Å². The SMILES string of the molecule is CNCc1cc(-c2ccc(OC(F)(F)F)cc2)cs1. The summed E-state index contributed by atoms with van der Waals surface area (Å²) in [6, 6.07) is 7.88. The average Bonchev–Trinajstić information content (AvgIpc) is 2.77. The van der Waals surface area contributed by atoms with Gasteiger partial charge in [0.25, 0.3) is 0 Å². The number of alkyl halides is 3. The van der Waals surface area contributed by atoms with Gasteiger partial charge in [-0.1, -0.05) is 12.1 Å². The molecular formula is C13H12F3NOS. The summed E-state index contributed by atoms with van der Waals surface area (Å²) in [5, 5.41) is 5.03. The van der Waals surface area contributed by atoms with E-state index in [2.05, 4.69) is 10.1 Å². The number of hydrogen-bond donors (Lipinski definition) is 1. The molecule has 1 N–H and O–H groups in total. The molecule has 1 heterocycles. The zero-order chi connectivity index (χ0) is 13.9. The van der Waals surface area contributed by atoms with Crippen molar-refractivity contribution in [3.63, 3.8) is 0 Å². The molecule has 2 nitrogen and oxygen atoms in total. The van der Waals surface area contributed by atoms with Crippen LogP contribution in [0.15, 0.2) is 35.7 Å². The van der Waals surface area contributed by atoms with Crippen LogP contribution in [0.2, 0.25) is 0 Å². The van der Waals surface area contributed by atoms with Gasteiger partial charge >= 0.3 is 6.36 Å². The summed E-state index contributed by atoms with van der Waals surface area (Å²) in [5.41, 5.74) is 1.86. The Hall–Kier alpha value is -1.53. The third kappa shape index (κ3) is 3.97. The first-order valence-corrected chi connectivity index (χ1v) is 6.44. The molecule has 2 rings (SSSR count). The molecule has 0 aliphatic heterocycles. The Morgan fingerprint density at radius 3 is 2.42 bits per heavy atom. The average molecular weight is 287 g/mol. The lowest BCUT2D eigenvalue weighted by molar-refractivity contribution is -0.274. The highest BCUT2D eigenvalue weighted by molar-refractivity contribution is 7.10. The van der Waals surface area contributed by atoms with Crippen LogP contribution in [0.5, 0.6) is 5.75 Å². The van der Waals surface area contributed by atoms with Gasteiger partial charge in [0.1, 0.15) is 5.75 Å². The minimum absolute atomic E-state index is 0.207. The zero-order valence-corrected chi connectivity index (χ0v) is 10.9. The van der Waals surface area contributed by atoms with Crippen LogP contribution in [0.25, 0.3) is 11.1 Å². The van der Waals surface area contributed by atoms with Gasteiger partial charge in [-0.05, 0) is 41.8 Å². The third-order valence-corrected chi connectivity index (χ3v) is 3.36. The summed E-state index contributed by atoms with van der Waals surface area (Å²) in [6.07, 6.45) is -4.65. The predicted octanol–water partition coefficient (Wildman–Crippen LogP) is 4.03. The second-order valence-corrected chi connectivity index (χ2v) is 4.90. The van der Waals surface area contributed by atoms with E-state index in [1.54, 1.807) is 23.5 Å². The molecule has 102 valence electrons. The minimum Gasteiger partial charge on any atom is -0.406 e. The number of benzene rings is 1. The van der Waals surface area contributed by atoms with Crippen molar-refractivity contribution in [3.8, 4) is 16.9 Å². The van der Waals surface area contributed by atoms with Gasteiger partial charge in [-0.2, -0.15) is 0 Å². The number of ether oxygens (including phenoxy) is 1. The van der Waals surface area contributed by atoms with Gasteiger partial charge in [-0.25, -0.2) is 0 Å². The van der Waals surface area contributed by atoms with Crippen LogP contribution >= 0.6 is 11.3 Å². The molecule has 2 aromatic rings. The molecular weight excluding hydrogens is 275 g/mol. The standard InChI is InChI=1S/C13H12F3NOS/c1-17-7-12-6-10(8-19-12)9-2-4-11(5-3-9)18-13(14,15)16/h2-6,8,17H,7H2,1H3. The van der Waals surface area contributed by atoms with E-state index in [0.29, 0.717) is 0 Å². The van der Waals surface area contributed by atoms with Gasteiger partial charge in [0.15, 0.2) is 0 Å². The Morgan fingerprint density at radius 2 is 1.84 bits per heavy atom. The molecule has 0 saturated heterocycles. The zero-order valence-electron chi connectivity index (χ0n) is 10.1. The number of hydrogen-bond acceptors (Lipinski definition) is 3. The van der Waals surface area contributed by atoms with Gasteiger partial charge in [-0.15, -0.1) is 24.5 Å². The second kappa shape index (κ2) is 5.63. The molecule has 0 aliphatic carbocycles. The first-order chi connectivity index (χ1) is 8.98. The molecule has 0 aliphatic rings. The molecule has 0 spiro atoms. The minimum atomic E-state index is -4.65. The van der Waals surface area contributed by atoms with E-state index in [4.69, 9.17) is 0 Å². The van der Waals surface area contributed by atoms with Crippen LogP contribution in [0.1, 0.15) is 4.88 Å². The van der Waals surface area contributed by atoms with E-state index in [9.17, 15) is 13.2 Å². The monoisotopic (exact) mass is 287 g/mol. The largest absolute Gasteiger partial charge is 0.573 e. The van der Waals surface area contributed by atoms with Crippen molar-refractivity contribution in [2.75, 3.05) is 7.05 Å². The lowest BCUT2D eigenvalue weighted by Gasteiger charge is -2.08. The Labute approximate surface area is 112 Å². The van der Waals surface area contributed by atoms with Gasteiger partial charge in [0, 0.05) is 11.4 Å². The van der Waals surface area contributed by atoms with Crippen molar-refractivity contribution in [2.45, 2.75) is 12.9 Å². The molecule has 0 fully saturated rings. The Balaban J connectivity index is 2.13. The number of thiophene rings is 1. The molecule has 0 atom stereocenters. The predicted molar refractivity (Wildman–Crippen MR) is 69.2 cm³/mol. The summed E-state index contributed by atoms with van der Waals surface area (Å²) in [4.78, 5) is 1.17. The highest BCUT2D eigenvalue weighted by Crippen LogP contribution is 2.29. The lowest BCUT2D eigenvalue weighted by Crippen LogP contribution is -2.16. The Kier molecular flexibility index (Phi) is 4.11. The quantitative estimate of drug-likeness (QED) is 0.916. The van der Waals surface area contributed by atoms with Crippen molar-refractivity contribution >= 4 is 11.3 Å². The molecule has 0 saturated carbocycles. The fourth-order valence-corrected chi connectivity index (χ4v) is 2.55. The molecule has 19 heavy (non-hydrogen) atoms. The lowest BCUT2D eigenvalue weighted by atomic mass is 10.1. The fourth-order valence-electron chi connectivity index (χ4n) is 1.65. The molecule has 0 bridgehead atoms. The molecule has 0 radical (unpaired) electrons. The van der Waals surface area contributed by atoms with E-state index >= 15 is 0 Å². The van der Waals surface area contributed by atoms with Gasteiger partial charge in [0.2, 0.25) is 0 Å². The van der Waals surface area contributed by atoms with Crippen LogP contribution in [-0.2, 0) is 6.54 Å². The van der Waals surface area contributed by atoms with Crippen molar-refractivity contribution in [1.29, 1.82) is 0 Å². The third-order valence-electron chi connectivity index (χ3n) is 2.43. The summed E-state index contributed by atoms with van der Waals surface area (Å²) in [6.45, 7) is 0.778. The van der Waals surface area contributed by atoms with Gasteiger partial charge in [0.05, 0.1) is 0 Å². The van der Waals surface area contributed by atoms with Gasteiger partial charge < -0.3 is 10.1 Å². The number of halogens is 3. The number of nitrogens with one attached hydrogen (secondary N) is 1. The van der Waals surface area contributed by atoms with E-state index in [1.165, 1.54) is 17.0 Å². The van der Waals surface area contributed by atoms with Crippen LogP contribution in [0, 0.1) is 0 Å². The smallest absolute Gasteiger partial charge is 0.406 e. The van der Waals surface area contributed by atoms with Crippen molar-refractivity contribution in [1.82, 2.24) is 5.32 Å². The Bertz CT molecular complexity index is 534. The van der Waals surface area contributed by atoms with E-state index in [1.807, 2.05) is 18.5 Å². The van der Waals surface area contributed by atoms with E-state index < -0.39 is 6.36 Å². The van der Waals surface area contributed by atoms with Crippen molar-refractivity contribution in [2.24, 2.45) is 0 Å². The normalized spacial score (nSPS) is 11.6. The molecule has 0 unspecified atom stereocenters. The maximum absolute atomic E-state index is 12.0. The first kappa shape index (κ1) is 13.9. The van der Waals surface area contributed by atoms with Gasteiger partial charge in [-0.3, -0.25) is 0 Å². The molecule has 6 heteroatoms. The topological polar surface area (TPSA) is 21.3 Å². The Morgan fingerprint density at radius 1 is 1.16 bits per heavy atom. The van der Waals surface area contributed by atoms with E-state index in [0.717, 1.165) is 17.7 Å². The van der Waals surface area contributed by atoms with Crippen molar-refractivity contribution in [3.05, 3.63) is 40.6 Å². The molecule has 1 aromatic heterocycles. The maximum Gasteiger partial charge on any atom is 0.573 e. The molecule has 1 aromatic carbocycles. The fraction of sp³-hybridized carbons (Fsp3) is 0.231. The van der Waals surface area contributed by atoms with Crippen LogP contribution in [0.4, 0.5) is 13.2 Å². The summed E-state index contributed by atoms with van der Waals surface area (Å²) >= 11 is 1.61. The maximum atomic E-state index is 12.0. The van der Waals surface area contributed by atoms with Crippen LogP contribution in [0.3, 0.4) is 0 Å². The molecule has 0 amide bonds. The highest BCUT2D eigenvalue weighted by atomic mass is 32.1. The first-order valence-electron chi connectivity index (χ1n) is 5.56. The van der Waals surface area contributed by atoms with Crippen LogP contribution < -0.4 is 10.1 Å². The second-order valence-electron chi connectivity index (χ2n) is 3.90. The van der Waals surface area contributed by atoms with Crippen LogP contribution in [-0.4, -0.2) is 13.4 Å². The summed E-state index contributed by atoms with van der Waals surface area (Å²) < 4.78 is 39.9. The number of rotatable bonds is 4. The summed E-state index contributed by atoms with van der Waals surface area (Å²) in [5.74, 6) is -0.207.